The standard InChI is InChI=1S/C10H13N3/c1-6-8-3-4-12-10(8)13-7(2)9(6)5-11/h3-4H,5,11H2,1-2H3,(H,12,13). The maximum Gasteiger partial charge on any atom is 0.137 e. The van der Waals surface area contributed by atoms with Crippen molar-refractivity contribution in [2.45, 2.75) is 20.4 Å². The Morgan fingerprint density at radius 1 is 1.46 bits per heavy atom. The SMILES string of the molecule is Cc1nc2[nH]ccc2c(C)c1CN. The van der Waals surface area contributed by atoms with Crippen LogP contribution in [0.25, 0.3) is 11.0 Å². The smallest absolute Gasteiger partial charge is 0.137 e. The Morgan fingerprint density at radius 2 is 2.23 bits per heavy atom. The van der Waals surface area contributed by atoms with Gasteiger partial charge in [-0.3, -0.25) is 0 Å². The van der Waals surface area contributed by atoms with Crippen LogP contribution in [0.5, 0.6) is 0 Å². The number of nitrogens with zero attached hydrogens (tertiary/aromatic N) is 1. The van der Waals surface area contributed by atoms with E-state index in [2.05, 4.69) is 16.9 Å². The van der Waals surface area contributed by atoms with Crippen LogP contribution in [0, 0.1) is 13.8 Å². The van der Waals surface area contributed by atoms with Gasteiger partial charge in [-0.2, -0.15) is 0 Å². The molecule has 0 bridgehead atoms. The Hall–Kier alpha value is -1.35. The summed E-state index contributed by atoms with van der Waals surface area (Å²) in [5, 5.41) is 1.17. The van der Waals surface area contributed by atoms with Crippen molar-refractivity contribution >= 4 is 11.0 Å². The summed E-state index contributed by atoms with van der Waals surface area (Å²) in [6.45, 7) is 4.65. The molecule has 3 nitrogen and oxygen atoms in total. The molecule has 2 rings (SSSR count). The third kappa shape index (κ3) is 1.12. The second kappa shape index (κ2) is 2.85. The molecule has 0 radical (unpaired) electrons. The number of aryl methyl sites for hydroxylation is 2. The highest BCUT2D eigenvalue weighted by Crippen LogP contribution is 2.20. The molecular formula is C10H13N3. The van der Waals surface area contributed by atoms with Crippen molar-refractivity contribution in [1.29, 1.82) is 0 Å². The Morgan fingerprint density at radius 3 is 2.92 bits per heavy atom. The quantitative estimate of drug-likeness (QED) is 0.692. The molecule has 2 heterocycles. The monoisotopic (exact) mass is 175 g/mol. The molecule has 2 aromatic rings. The van der Waals surface area contributed by atoms with E-state index < -0.39 is 0 Å². The van der Waals surface area contributed by atoms with Gasteiger partial charge in [0, 0.05) is 23.8 Å². The van der Waals surface area contributed by atoms with Crippen molar-refractivity contribution in [3.63, 3.8) is 0 Å². The fourth-order valence-corrected chi connectivity index (χ4v) is 1.73. The first-order valence-corrected chi connectivity index (χ1v) is 4.37. The van der Waals surface area contributed by atoms with Crippen LogP contribution in [0.1, 0.15) is 16.8 Å². The minimum Gasteiger partial charge on any atom is -0.346 e. The Kier molecular flexibility index (Phi) is 1.81. The molecule has 0 unspecified atom stereocenters. The van der Waals surface area contributed by atoms with E-state index >= 15 is 0 Å². The van der Waals surface area contributed by atoms with Gasteiger partial charge in [-0.25, -0.2) is 4.98 Å². The summed E-state index contributed by atoms with van der Waals surface area (Å²) >= 11 is 0. The molecular weight excluding hydrogens is 162 g/mol. The lowest BCUT2D eigenvalue weighted by Gasteiger charge is -2.07. The molecule has 3 N–H and O–H groups in total. The minimum absolute atomic E-state index is 0.561. The van der Waals surface area contributed by atoms with Crippen molar-refractivity contribution < 1.29 is 0 Å². The van der Waals surface area contributed by atoms with Gasteiger partial charge in [0.15, 0.2) is 0 Å². The molecule has 0 aliphatic carbocycles. The molecule has 0 fully saturated rings. The van der Waals surface area contributed by atoms with E-state index in [4.69, 9.17) is 5.73 Å². The summed E-state index contributed by atoms with van der Waals surface area (Å²) in [7, 11) is 0. The largest absolute Gasteiger partial charge is 0.346 e. The number of rotatable bonds is 1. The summed E-state index contributed by atoms with van der Waals surface area (Å²) in [5.41, 5.74) is 10.0. The Labute approximate surface area is 77.0 Å². The molecule has 0 spiro atoms. The summed E-state index contributed by atoms with van der Waals surface area (Å²) < 4.78 is 0. The lowest BCUT2D eigenvalue weighted by atomic mass is 10.1. The molecule has 0 amide bonds. The molecule has 68 valence electrons. The van der Waals surface area contributed by atoms with E-state index in [1.165, 1.54) is 10.9 Å². The molecule has 0 atom stereocenters. The van der Waals surface area contributed by atoms with Crippen LogP contribution >= 0.6 is 0 Å². The van der Waals surface area contributed by atoms with E-state index in [-0.39, 0.29) is 0 Å². The third-order valence-electron chi connectivity index (χ3n) is 2.50. The number of nitrogens with one attached hydrogen (secondary N) is 1. The predicted molar refractivity (Wildman–Crippen MR) is 53.5 cm³/mol. The number of pyridine rings is 1. The van der Waals surface area contributed by atoms with Crippen LogP contribution in [-0.2, 0) is 6.54 Å². The molecule has 13 heavy (non-hydrogen) atoms. The van der Waals surface area contributed by atoms with E-state index in [1.54, 1.807) is 0 Å². The molecule has 0 aromatic carbocycles. The summed E-state index contributed by atoms with van der Waals surface area (Å²) in [6, 6.07) is 2.04. The number of nitrogens with two attached hydrogens (primary N) is 1. The Bertz CT molecular complexity index is 443. The number of fused-ring (bicyclic) bond motifs is 1. The number of hydrogen-bond acceptors (Lipinski definition) is 2. The van der Waals surface area contributed by atoms with Crippen LogP contribution in [0.2, 0.25) is 0 Å². The Balaban J connectivity index is 2.85. The van der Waals surface area contributed by atoms with Gasteiger partial charge in [0.05, 0.1) is 0 Å². The second-order valence-electron chi connectivity index (χ2n) is 3.24. The third-order valence-corrected chi connectivity index (χ3v) is 2.50. The van der Waals surface area contributed by atoms with Gasteiger partial charge >= 0.3 is 0 Å². The minimum atomic E-state index is 0.561. The molecule has 0 aliphatic rings. The van der Waals surface area contributed by atoms with Gasteiger partial charge in [-0.15, -0.1) is 0 Å². The van der Waals surface area contributed by atoms with Gasteiger partial charge in [0.2, 0.25) is 0 Å². The highest BCUT2D eigenvalue weighted by Gasteiger charge is 2.07. The summed E-state index contributed by atoms with van der Waals surface area (Å²) in [5.74, 6) is 0. The van der Waals surface area contributed by atoms with Crippen LogP contribution < -0.4 is 5.73 Å². The van der Waals surface area contributed by atoms with Crippen LogP contribution in [0.15, 0.2) is 12.3 Å². The lowest BCUT2D eigenvalue weighted by molar-refractivity contribution is 1.00. The van der Waals surface area contributed by atoms with Gasteiger partial charge in [-0.05, 0) is 31.0 Å². The average molecular weight is 175 g/mol. The molecule has 0 saturated carbocycles. The van der Waals surface area contributed by atoms with Crippen molar-refractivity contribution in [3.8, 4) is 0 Å². The summed E-state index contributed by atoms with van der Waals surface area (Å²) in [6.07, 6.45) is 1.91. The molecule has 2 aromatic heterocycles. The highest BCUT2D eigenvalue weighted by molar-refractivity contribution is 5.80. The van der Waals surface area contributed by atoms with Crippen LogP contribution in [0.4, 0.5) is 0 Å². The van der Waals surface area contributed by atoms with Gasteiger partial charge in [0.25, 0.3) is 0 Å². The first-order valence-electron chi connectivity index (χ1n) is 4.37. The zero-order valence-electron chi connectivity index (χ0n) is 7.89. The zero-order chi connectivity index (χ0) is 9.42. The number of H-pyrrole nitrogens is 1. The van der Waals surface area contributed by atoms with Crippen molar-refractivity contribution in [3.05, 3.63) is 29.1 Å². The van der Waals surface area contributed by atoms with E-state index in [9.17, 15) is 0 Å². The molecule has 3 heteroatoms. The van der Waals surface area contributed by atoms with Crippen molar-refractivity contribution in [2.24, 2.45) is 5.73 Å². The zero-order valence-corrected chi connectivity index (χ0v) is 7.89. The van der Waals surface area contributed by atoms with Crippen molar-refractivity contribution in [1.82, 2.24) is 9.97 Å². The molecule has 0 saturated heterocycles. The normalized spacial score (nSPS) is 11.0. The second-order valence-corrected chi connectivity index (χ2v) is 3.24. The first-order chi connectivity index (χ1) is 6.24. The van der Waals surface area contributed by atoms with E-state index in [0.717, 1.165) is 16.9 Å². The topological polar surface area (TPSA) is 54.7 Å². The fraction of sp³-hybridized carbons (Fsp3) is 0.300. The van der Waals surface area contributed by atoms with Gasteiger partial charge in [0.1, 0.15) is 5.65 Å². The number of hydrogen-bond donors (Lipinski definition) is 2. The maximum absolute atomic E-state index is 5.66. The van der Waals surface area contributed by atoms with Gasteiger partial charge in [-0.1, -0.05) is 0 Å². The summed E-state index contributed by atoms with van der Waals surface area (Å²) in [4.78, 5) is 7.53. The van der Waals surface area contributed by atoms with Crippen molar-refractivity contribution in [2.75, 3.05) is 0 Å². The maximum atomic E-state index is 5.66. The first kappa shape index (κ1) is 8.26. The number of aromatic amines is 1. The van der Waals surface area contributed by atoms with Crippen LogP contribution in [0.3, 0.4) is 0 Å². The lowest BCUT2D eigenvalue weighted by Crippen LogP contribution is -2.04. The van der Waals surface area contributed by atoms with Crippen LogP contribution in [-0.4, -0.2) is 9.97 Å². The van der Waals surface area contributed by atoms with Gasteiger partial charge < -0.3 is 10.7 Å². The van der Waals surface area contributed by atoms with E-state index in [0.29, 0.717) is 6.54 Å². The highest BCUT2D eigenvalue weighted by atomic mass is 14.9. The molecule has 0 aliphatic heterocycles. The van der Waals surface area contributed by atoms with E-state index in [1.807, 2.05) is 19.2 Å². The average Bonchev–Trinajstić information content (AvgIpc) is 2.53. The predicted octanol–water partition coefficient (Wildman–Crippen LogP) is 1.64. The fourth-order valence-electron chi connectivity index (χ4n) is 1.73. The number of aromatic nitrogens is 2.